The molecule has 4 heteroatoms. The Hall–Kier alpha value is -0.870. The first kappa shape index (κ1) is 10.3. The maximum Gasteiger partial charge on any atom is 0.253 e. The Bertz CT molecular complexity index is 442. The van der Waals surface area contributed by atoms with Gasteiger partial charge in [-0.1, -0.05) is 22.0 Å². The SMILES string of the molecule is O=C1CC2(CCC2)ON1c1cccc(Br)c1. The normalized spacial score (nSPS) is 22.6. The van der Waals surface area contributed by atoms with E-state index in [1.807, 2.05) is 24.3 Å². The van der Waals surface area contributed by atoms with Crippen molar-refractivity contribution >= 4 is 27.5 Å². The summed E-state index contributed by atoms with van der Waals surface area (Å²) in [5.41, 5.74) is 0.627. The minimum atomic E-state index is -0.181. The second-order valence-electron chi connectivity index (χ2n) is 4.47. The summed E-state index contributed by atoms with van der Waals surface area (Å²) in [5, 5.41) is 1.45. The number of hydrogen-bond donors (Lipinski definition) is 0. The molecular formula is C12H12BrNO2. The summed E-state index contributed by atoms with van der Waals surface area (Å²) < 4.78 is 0.955. The van der Waals surface area contributed by atoms with Crippen LogP contribution in [0, 0.1) is 0 Å². The van der Waals surface area contributed by atoms with Gasteiger partial charge in [0.1, 0.15) is 5.60 Å². The van der Waals surface area contributed by atoms with Gasteiger partial charge in [-0.05, 0) is 37.5 Å². The fraction of sp³-hybridized carbons (Fsp3) is 0.417. The zero-order chi connectivity index (χ0) is 11.2. The van der Waals surface area contributed by atoms with Crippen molar-refractivity contribution in [2.75, 3.05) is 5.06 Å². The molecule has 3 nitrogen and oxygen atoms in total. The van der Waals surface area contributed by atoms with Crippen molar-refractivity contribution in [1.82, 2.24) is 0 Å². The molecule has 1 heterocycles. The van der Waals surface area contributed by atoms with Gasteiger partial charge in [-0.3, -0.25) is 9.63 Å². The van der Waals surface area contributed by atoms with Crippen LogP contribution in [-0.4, -0.2) is 11.5 Å². The van der Waals surface area contributed by atoms with Gasteiger partial charge in [-0.25, -0.2) is 0 Å². The van der Waals surface area contributed by atoms with Crippen LogP contribution < -0.4 is 5.06 Å². The monoisotopic (exact) mass is 281 g/mol. The van der Waals surface area contributed by atoms with Gasteiger partial charge in [0, 0.05) is 4.47 Å². The van der Waals surface area contributed by atoms with Crippen molar-refractivity contribution in [1.29, 1.82) is 0 Å². The van der Waals surface area contributed by atoms with Crippen LogP contribution in [-0.2, 0) is 9.63 Å². The Kier molecular flexibility index (Phi) is 2.30. The number of hydrogen-bond acceptors (Lipinski definition) is 2. The lowest BCUT2D eigenvalue weighted by Gasteiger charge is -2.35. The van der Waals surface area contributed by atoms with Gasteiger partial charge in [0.15, 0.2) is 0 Å². The minimum Gasteiger partial charge on any atom is -0.272 e. The highest BCUT2D eigenvalue weighted by molar-refractivity contribution is 9.10. The molecule has 1 spiro atoms. The molecule has 0 radical (unpaired) electrons. The number of benzene rings is 1. The minimum absolute atomic E-state index is 0.0674. The molecule has 1 aliphatic heterocycles. The van der Waals surface area contributed by atoms with Gasteiger partial charge in [-0.2, -0.15) is 5.06 Å². The van der Waals surface area contributed by atoms with Crippen LogP contribution in [0.1, 0.15) is 25.7 Å². The third-order valence-corrected chi connectivity index (χ3v) is 3.79. The maximum absolute atomic E-state index is 11.9. The van der Waals surface area contributed by atoms with Gasteiger partial charge < -0.3 is 0 Å². The van der Waals surface area contributed by atoms with Gasteiger partial charge in [-0.15, -0.1) is 0 Å². The summed E-state index contributed by atoms with van der Waals surface area (Å²) >= 11 is 3.40. The van der Waals surface area contributed by atoms with Crippen molar-refractivity contribution in [3.8, 4) is 0 Å². The van der Waals surface area contributed by atoms with Crippen molar-refractivity contribution in [3.63, 3.8) is 0 Å². The lowest BCUT2D eigenvalue weighted by molar-refractivity contribution is -0.120. The van der Waals surface area contributed by atoms with Crippen LogP contribution in [0.5, 0.6) is 0 Å². The molecule has 2 aliphatic rings. The number of carbonyl (C=O) groups is 1. The second kappa shape index (κ2) is 3.57. The van der Waals surface area contributed by atoms with Crippen LogP contribution >= 0.6 is 15.9 Å². The van der Waals surface area contributed by atoms with Gasteiger partial charge in [0.25, 0.3) is 5.91 Å². The Morgan fingerprint density at radius 3 is 2.75 bits per heavy atom. The largest absolute Gasteiger partial charge is 0.272 e. The quantitative estimate of drug-likeness (QED) is 0.792. The Morgan fingerprint density at radius 2 is 2.19 bits per heavy atom. The van der Waals surface area contributed by atoms with Crippen molar-refractivity contribution in [2.45, 2.75) is 31.3 Å². The van der Waals surface area contributed by atoms with E-state index in [-0.39, 0.29) is 11.5 Å². The van der Waals surface area contributed by atoms with Crippen LogP contribution in [0.2, 0.25) is 0 Å². The van der Waals surface area contributed by atoms with E-state index in [1.54, 1.807) is 0 Å². The topological polar surface area (TPSA) is 29.5 Å². The predicted octanol–water partition coefficient (Wildman–Crippen LogP) is 3.04. The highest BCUT2D eigenvalue weighted by atomic mass is 79.9. The lowest BCUT2D eigenvalue weighted by atomic mass is 9.78. The first-order valence-corrected chi connectivity index (χ1v) is 6.26. The van der Waals surface area contributed by atoms with Crippen molar-refractivity contribution in [2.24, 2.45) is 0 Å². The molecule has 1 saturated carbocycles. The first-order chi connectivity index (χ1) is 7.69. The molecule has 1 aliphatic carbocycles. The van der Waals surface area contributed by atoms with E-state index in [1.165, 1.54) is 11.5 Å². The molecule has 16 heavy (non-hydrogen) atoms. The number of amides is 1. The molecule has 84 valence electrons. The standard InChI is InChI=1S/C12H12BrNO2/c13-9-3-1-4-10(7-9)14-11(15)8-12(16-14)5-2-6-12/h1,3-4,7H,2,5-6,8H2. The van der Waals surface area contributed by atoms with E-state index in [0.717, 1.165) is 23.0 Å². The van der Waals surface area contributed by atoms with Crippen LogP contribution in [0.25, 0.3) is 0 Å². The second-order valence-corrected chi connectivity index (χ2v) is 5.39. The summed E-state index contributed by atoms with van der Waals surface area (Å²) in [5.74, 6) is 0.0674. The first-order valence-electron chi connectivity index (χ1n) is 5.46. The third-order valence-electron chi connectivity index (χ3n) is 3.29. The molecule has 0 unspecified atom stereocenters. The van der Waals surface area contributed by atoms with E-state index in [4.69, 9.17) is 4.84 Å². The summed E-state index contributed by atoms with van der Waals surface area (Å²) in [4.78, 5) is 17.7. The smallest absolute Gasteiger partial charge is 0.253 e. The Labute approximate surface area is 102 Å². The molecule has 1 amide bonds. The molecule has 0 aromatic heterocycles. The average molecular weight is 282 g/mol. The molecule has 0 N–H and O–H groups in total. The highest BCUT2D eigenvalue weighted by Crippen LogP contribution is 2.45. The van der Waals surface area contributed by atoms with E-state index < -0.39 is 0 Å². The fourth-order valence-electron chi connectivity index (χ4n) is 2.26. The van der Waals surface area contributed by atoms with Gasteiger partial charge in [0.2, 0.25) is 0 Å². The predicted molar refractivity (Wildman–Crippen MR) is 63.9 cm³/mol. The third kappa shape index (κ3) is 1.57. The summed E-state index contributed by atoms with van der Waals surface area (Å²) in [6, 6.07) is 7.63. The van der Waals surface area contributed by atoms with E-state index >= 15 is 0 Å². The zero-order valence-corrected chi connectivity index (χ0v) is 10.4. The van der Waals surface area contributed by atoms with E-state index in [2.05, 4.69) is 15.9 Å². The van der Waals surface area contributed by atoms with Crippen molar-refractivity contribution < 1.29 is 9.63 Å². The number of nitrogens with zero attached hydrogens (tertiary/aromatic N) is 1. The Morgan fingerprint density at radius 1 is 1.38 bits per heavy atom. The van der Waals surface area contributed by atoms with Crippen molar-refractivity contribution in [3.05, 3.63) is 28.7 Å². The molecule has 1 aromatic rings. The van der Waals surface area contributed by atoms with Crippen LogP contribution in [0.15, 0.2) is 28.7 Å². The summed E-state index contributed by atoms with van der Waals surface area (Å²) in [6.45, 7) is 0. The summed E-state index contributed by atoms with van der Waals surface area (Å²) in [6.07, 6.45) is 3.70. The zero-order valence-electron chi connectivity index (χ0n) is 8.78. The summed E-state index contributed by atoms with van der Waals surface area (Å²) in [7, 11) is 0. The molecule has 3 rings (SSSR count). The molecule has 2 fully saturated rings. The van der Waals surface area contributed by atoms with E-state index in [0.29, 0.717) is 6.42 Å². The molecule has 0 atom stereocenters. The molecule has 1 saturated heterocycles. The van der Waals surface area contributed by atoms with Gasteiger partial charge >= 0.3 is 0 Å². The van der Waals surface area contributed by atoms with Crippen LogP contribution in [0.3, 0.4) is 0 Å². The van der Waals surface area contributed by atoms with Gasteiger partial charge in [0.05, 0.1) is 12.1 Å². The lowest BCUT2D eigenvalue weighted by Crippen LogP contribution is -2.37. The maximum atomic E-state index is 11.9. The highest BCUT2D eigenvalue weighted by Gasteiger charge is 2.49. The number of hydroxylamine groups is 1. The molecule has 0 bridgehead atoms. The molecule has 1 aromatic carbocycles. The average Bonchev–Trinajstić information content (AvgIpc) is 2.56. The van der Waals surface area contributed by atoms with E-state index in [9.17, 15) is 4.79 Å². The number of rotatable bonds is 1. The molecular weight excluding hydrogens is 270 g/mol. The Balaban J connectivity index is 1.88. The fourth-order valence-corrected chi connectivity index (χ4v) is 2.65. The number of anilines is 1. The number of carbonyl (C=O) groups excluding carboxylic acids is 1. The van der Waals surface area contributed by atoms with Crippen LogP contribution in [0.4, 0.5) is 5.69 Å². The number of halogens is 1.